The van der Waals surface area contributed by atoms with Gasteiger partial charge in [0.15, 0.2) is 0 Å². The van der Waals surface area contributed by atoms with E-state index in [0.717, 1.165) is 23.4 Å². The van der Waals surface area contributed by atoms with Gasteiger partial charge in [0, 0.05) is 28.5 Å². The molecule has 0 aromatic heterocycles. The molecule has 1 fully saturated rings. The molecule has 2 aromatic rings. The number of hydrogen-bond donors (Lipinski definition) is 2. The van der Waals surface area contributed by atoms with E-state index in [2.05, 4.69) is 55.4 Å². The summed E-state index contributed by atoms with van der Waals surface area (Å²) in [6.07, 6.45) is 2.69. The predicted molar refractivity (Wildman–Crippen MR) is 135 cm³/mol. The summed E-state index contributed by atoms with van der Waals surface area (Å²) >= 11 is 5.85. The Bertz CT molecular complexity index is 1170. The summed E-state index contributed by atoms with van der Waals surface area (Å²) in [5.41, 5.74) is 4.02. The molecule has 1 unspecified atom stereocenters. The third-order valence-electron chi connectivity index (χ3n) is 6.43. The van der Waals surface area contributed by atoms with E-state index in [4.69, 9.17) is 11.6 Å². The second-order valence-electron chi connectivity index (χ2n) is 9.41. The van der Waals surface area contributed by atoms with Crippen LogP contribution in [0.15, 0.2) is 48.2 Å². The molecule has 0 bridgehead atoms. The number of urea groups is 1. The van der Waals surface area contributed by atoms with E-state index in [-0.39, 0.29) is 17.8 Å². The molecule has 2 heterocycles. The highest BCUT2D eigenvalue weighted by Gasteiger charge is 2.37. The number of nitrogens with one attached hydrogen (secondary N) is 2. The monoisotopic (exact) mass is 480 g/mol. The van der Waals surface area contributed by atoms with Crippen LogP contribution < -0.4 is 15.5 Å². The number of halogens is 1. The van der Waals surface area contributed by atoms with Crippen molar-refractivity contribution in [2.45, 2.75) is 45.6 Å². The largest absolute Gasteiger partial charge is 0.366 e. The lowest BCUT2D eigenvalue weighted by Crippen LogP contribution is -2.48. The third-order valence-corrected chi connectivity index (χ3v) is 6.68. The number of carbonyl (C=O) groups is 3. The zero-order chi connectivity index (χ0) is 24.6. The van der Waals surface area contributed by atoms with E-state index >= 15 is 0 Å². The Morgan fingerprint density at radius 3 is 2.59 bits per heavy atom. The molecule has 34 heavy (non-hydrogen) atoms. The summed E-state index contributed by atoms with van der Waals surface area (Å²) in [4.78, 5) is 40.9. The van der Waals surface area contributed by atoms with Gasteiger partial charge in [0.1, 0.15) is 12.2 Å². The topological polar surface area (TPSA) is 81.8 Å². The highest BCUT2D eigenvalue weighted by atomic mass is 35.5. The molecule has 4 rings (SSSR count). The van der Waals surface area contributed by atoms with Crippen LogP contribution in [-0.4, -0.2) is 41.4 Å². The zero-order valence-corrected chi connectivity index (χ0v) is 20.6. The molecule has 0 radical (unpaired) electrons. The molecular weight excluding hydrogens is 452 g/mol. The molecule has 0 aliphatic carbocycles. The van der Waals surface area contributed by atoms with Crippen LogP contribution in [0.3, 0.4) is 0 Å². The maximum absolute atomic E-state index is 12.9. The van der Waals surface area contributed by atoms with Crippen molar-refractivity contribution in [3.63, 3.8) is 0 Å². The Balaban J connectivity index is 1.50. The predicted octanol–water partition coefficient (Wildman–Crippen LogP) is 4.98. The molecule has 7 nitrogen and oxygen atoms in total. The van der Waals surface area contributed by atoms with Crippen LogP contribution in [0.2, 0.25) is 5.02 Å². The summed E-state index contributed by atoms with van der Waals surface area (Å²) in [6.45, 7) is 9.42. The van der Waals surface area contributed by atoms with Gasteiger partial charge in [0.25, 0.3) is 5.91 Å². The first-order valence-corrected chi connectivity index (χ1v) is 11.8. The number of anilines is 2. The van der Waals surface area contributed by atoms with Crippen molar-refractivity contribution in [2.24, 2.45) is 0 Å². The zero-order valence-electron chi connectivity index (χ0n) is 19.8. The lowest BCUT2D eigenvalue weighted by molar-refractivity contribution is -0.127. The number of carbonyl (C=O) groups excluding carboxylic acids is 3. The van der Waals surface area contributed by atoms with Crippen molar-refractivity contribution in [1.82, 2.24) is 10.2 Å². The molecule has 2 aromatic carbocycles. The number of benzene rings is 2. The number of amides is 4. The molecule has 0 saturated carbocycles. The van der Waals surface area contributed by atoms with Crippen molar-refractivity contribution in [2.75, 3.05) is 23.3 Å². The van der Waals surface area contributed by atoms with Crippen LogP contribution in [0.25, 0.3) is 6.08 Å². The first-order chi connectivity index (χ1) is 16.1. The van der Waals surface area contributed by atoms with Crippen LogP contribution in [-0.2, 0) is 9.59 Å². The quantitative estimate of drug-likeness (QED) is 0.467. The van der Waals surface area contributed by atoms with Crippen LogP contribution in [0.1, 0.15) is 51.2 Å². The first kappa shape index (κ1) is 23.8. The Morgan fingerprint density at radius 2 is 1.91 bits per heavy atom. The Labute approximate surface area is 204 Å². The van der Waals surface area contributed by atoms with Gasteiger partial charge in [0.05, 0.1) is 0 Å². The van der Waals surface area contributed by atoms with Gasteiger partial charge >= 0.3 is 6.03 Å². The molecule has 4 amide bonds. The average molecular weight is 481 g/mol. The second kappa shape index (κ2) is 9.14. The summed E-state index contributed by atoms with van der Waals surface area (Å²) in [5, 5.41) is 5.80. The minimum atomic E-state index is -0.618. The van der Waals surface area contributed by atoms with Gasteiger partial charge in [-0.05, 0) is 86.7 Å². The normalized spacial score (nSPS) is 20.4. The van der Waals surface area contributed by atoms with Crippen LogP contribution in [0, 0.1) is 0 Å². The maximum Gasteiger partial charge on any atom is 0.329 e. The van der Waals surface area contributed by atoms with Crippen molar-refractivity contribution in [3.8, 4) is 0 Å². The minimum Gasteiger partial charge on any atom is -0.366 e. The number of hydrogen-bond acceptors (Lipinski definition) is 4. The first-order valence-electron chi connectivity index (χ1n) is 11.4. The third kappa shape index (κ3) is 4.66. The molecule has 8 heteroatoms. The van der Waals surface area contributed by atoms with Crippen LogP contribution in [0.4, 0.5) is 16.2 Å². The number of rotatable bonds is 5. The van der Waals surface area contributed by atoms with Crippen LogP contribution >= 0.6 is 11.6 Å². The van der Waals surface area contributed by atoms with Crippen molar-refractivity contribution >= 4 is 46.9 Å². The van der Waals surface area contributed by atoms with Gasteiger partial charge in [-0.2, -0.15) is 0 Å². The number of nitrogens with zero attached hydrogens (tertiary/aromatic N) is 2. The molecule has 1 saturated heterocycles. The standard InChI is InChI=1S/C26H29ClN4O3/c1-5-31-22-11-6-17(12-20(22)16(2)14-26(31,3)4)13-21-24(33)30(25(34)29-21)15-23(32)28-19-9-7-18(27)8-10-19/h6-13,16H,5,14-15H2,1-4H3,(H,28,32)(H,29,34)/b21-13-. The van der Waals surface area contributed by atoms with E-state index in [0.29, 0.717) is 16.6 Å². The summed E-state index contributed by atoms with van der Waals surface area (Å²) in [5.74, 6) is -0.636. The molecule has 0 spiro atoms. The summed E-state index contributed by atoms with van der Waals surface area (Å²) in [6, 6.07) is 12.1. The minimum absolute atomic E-state index is 0.0730. The van der Waals surface area contributed by atoms with Gasteiger partial charge in [-0.15, -0.1) is 0 Å². The lowest BCUT2D eigenvalue weighted by Gasteiger charge is -2.47. The van der Waals surface area contributed by atoms with Crippen molar-refractivity contribution in [1.29, 1.82) is 0 Å². The average Bonchev–Trinajstić information content (AvgIpc) is 3.02. The molecular formula is C26H29ClN4O3. The second-order valence-corrected chi connectivity index (χ2v) is 9.85. The van der Waals surface area contributed by atoms with E-state index in [1.54, 1.807) is 30.3 Å². The number of fused-ring (bicyclic) bond motifs is 1. The smallest absolute Gasteiger partial charge is 0.329 e. The van der Waals surface area contributed by atoms with Crippen molar-refractivity contribution in [3.05, 3.63) is 64.3 Å². The van der Waals surface area contributed by atoms with E-state index in [1.807, 2.05) is 6.07 Å². The number of imide groups is 1. The van der Waals surface area contributed by atoms with E-state index < -0.39 is 17.8 Å². The molecule has 2 aliphatic heterocycles. The van der Waals surface area contributed by atoms with Crippen LogP contribution in [0.5, 0.6) is 0 Å². The summed E-state index contributed by atoms with van der Waals surface area (Å²) in [7, 11) is 0. The van der Waals surface area contributed by atoms with E-state index in [9.17, 15) is 14.4 Å². The van der Waals surface area contributed by atoms with Gasteiger partial charge in [-0.1, -0.05) is 24.6 Å². The van der Waals surface area contributed by atoms with Gasteiger partial charge < -0.3 is 15.5 Å². The van der Waals surface area contributed by atoms with Gasteiger partial charge in [0.2, 0.25) is 5.91 Å². The Kier molecular flexibility index (Phi) is 6.41. The Hall–Kier alpha value is -3.32. The summed E-state index contributed by atoms with van der Waals surface area (Å²) < 4.78 is 0. The lowest BCUT2D eigenvalue weighted by atomic mass is 9.79. The molecule has 178 valence electrons. The van der Waals surface area contributed by atoms with E-state index in [1.165, 1.54) is 11.3 Å². The molecule has 1 atom stereocenters. The van der Waals surface area contributed by atoms with Gasteiger partial charge in [-0.3, -0.25) is 9.59 Å². The highest BCUT2D eigenvalue weighted by molar-refractivity contribution is 6.30. The Morgan fingerprint density at radius 1 is 1.21 bits per heavy atom. The highest BCUT2D eigenvalue weighted by Crippen LogP contribution is 2.43. The fourth-order valence-corrected chi connectivity index (χ4v) is 5.08. The molecule has 2 aliphatic rings. The molecule has 2 N–H and O–H groups in total. The van der Waals surface area contributed by atoms with Gasteiger partial charge in [-0.25, -0.2) is 9.69 Å². The van der Waals surface area contributed by atoms with Crippen molar-refractivity contribution < 1.29 is 14.4 Å². The SMILES string of the molecule is CCN1c2ccc(/C=C3\NC(=O)N(CC(=O)Nc4ccc(Cl)cc4)C3=O)cc2C(C)CC1(C)C. The fourth-order valence-electron chi connectivity index (χ4n) is 4.96. The maximum atomic E-state index is 12.9. The fraction of sp³-hybridized carbons (Fsp3) is 0.346.